The number of rotatable bonds is 5. The quantitative estimate of drug-likeness (QED) is 0.862. The Morgan fingerprint density at radius 2 is 2.00 bits per heavy atom. The number of carbonyl (C=O) groups excluding carboxylic acids is 2. The van der Waals surface area contributed by atoms with Crippen LogP contribution in [-0.2, 0) is 10.4 Å². The zero-order chi connectivity index (χ0) is 16.6. The topological polar surface area (TPSA) is 70.8 Å². The first kappa shape index (κ1) is 15.5. The number of fused-ring (bicyclic) bond motifs is 1. The molecule has 0 aliphatic carbocycles. The second kappa shape index (κ2) is 5.66. The highest BCUT2D eigenvalue weighted by molar-refractivity contribution is 6.10. The molecule has 1 amide bonds. The molecule has 2 aromatic rings. The molecule has 0 saturated carbocycles. The lowest BCUT2D eigenvalue weighted by molar-refractivity contribution is -0.136. The van der Waals surface area contributed by atoms with Gasteiger partial charge in [-0.2, -0.15) is 0 Å². The zero-order valence-corrected chi connectivity index (χ0v) is 13.2. The minimum atomic E-state index is -1.84. The van der Waals surface area contributed by atoms with Crippen LogP contribution in [0.2, 0.25) is 0 Å². The number of ketones is 1. The van der Waals surface area contributed by atoms with Gasteiger partial charge >= 0.3 is 0 Å². The monoisotopic (exact) mass is 313 g/mol. The lowest BCUT2D eigenvalue weighted by Crippen LogP contribution is -2.43. The summed E-state index contributed by atoms with van der Waals surface area (Å²) in [6.07, 6.45) is 1.07. The van der Waals surface area contributed by atoms with Crippen molar-refractivity contribution in [2.75, 3.05) is 11.4 Å². The Bertz CT molecular complexity index is 735. The van der Waals surface area contributed by atoms with Gasteiger partial charge in [0.2, 0.25) is 5.78 Å². The summed E-state index contributed by atoms with van der Waals surface area (Å²) in [5, 5.41) is 11.0. The third-order valence-corrected chi connectivity index (χ3v) is 4.00. The Kier molecular flexibility index (Phi) is 3.82. The van der Waals surface area contributed by atoms with Gasteiger partial charge in [0.15, 0.2) is 11.4 Å². The lowest BCUT2D eigenvalue weighted by Gasteiger charge is -2.23. The molecule has 1 atom stereocenters. The average molecular weight is 313 g/mol. The predicted octanol–water partition coefficient (Wildman–Crippen LogP) is 2.74. The summed E-state index contributed by atoms with van der Waals surface area (Å²) in [6, 6.07) is 10.2. The third kappa shape index (κ3) is 2.57. The van der Waals surface area contributed by atoms with E-state index in [4.69, 9.17) is 4.42 Å². The number of anilines is 1. The molecule has 1 aromatic carbocycles. The number of para-hydroxylation sites is 1. The van der Waals surface area contributed by atoms with Crippen LogP contribution in [0.1, 0.15) is 36.4 Å². The SMILES string of the molecule is CC(C)CN1C(=O)C(O)(CC(=O)c2ccco2)c2ccccc21. The predicted molar refractivity (Wildman–Crippen MR) is 85.2 cm³/mol. The normalized spacial score (nSPS) is 20.2. The molecule has 120 valence electrons. The molecule has 1 unspecified atom stereocenters. The van der Waals surface area contributed by atoms with Crippen molar-refractivity contribution >= 4 is 17.4 Å². The van der Waals surface area contributed by atoms with Gasteiger partial charge in [-0.1, -0.05) is 32.0 Å². The molecule has 0 saturated heterocycles. The van der Waals surface area contributed by atoms with E-state index in [1.165, 1.54) is 12.3 Å². The highest BCUT2D eigenvalue weighted by Gasteiger charge is 2.51. The minimum absolute atomic E-state index is 0.144. The molecule has 1 N–H and O–H groups in total. The molecule has 0 radical (unpaired) electrons. The number of carbonyl (C=O) groups is 2. The van der Waals surface area contributed by atoms with Crippen LogP contribution in [-0.4, -0.2) is 23.3 Å². The van der Waals surface area contributed by atoms with Crippen LogP contribution in [0.4, 0.5) is 5.69 Å². The molecular weight excluding hydrogens is 294 g/mol. The Hall–Kier alpha value is -2.40. The van der Waals surface area contributed by atoms with E-state index in [0.717, 1.165) is 0 Å². The molecule has 1 aliphatic heterocycles. The zero-order valence-electron chi connectivity index (χ0n) is 13.2. The number of benzene rings is 1. The Balaban J connectivity index is 1.98. The summed E-state index contributed by atoms with van der Waals surface area (Å²) in [7, 11) is 0. The van der Waals surface area contributed by atoms with E-state index in [0.29, 0.717) is 17.8 Å². The molecule has 0 spiro atoms. The highest BCUT2D eigenvalue weighted by Crippen LogP contribution is 2.43. The molecule has 5 nitrogen and oxygen atoms in total. The third-order valence-electron chi connectivity index (χ3n) is 4.00. The van der Waals surface area contributed by atoms with Crippen LogP contribution in [0.3, 0.4) is 0 Å². The number of hydrogen-bond acceptors (Lipinski definition) is 4. The molecule has 3 rings (SSSR count). The molecule has 0 fully saturated rings. The first-order chi connectivity index (χ1) is 10.9. The molecular formula is C18H19NO4. The standard InChI is InChI=1S/C18H19NO4/c1-12(2)11-19-14-7-4-3-6-13(14)18(22,17(19)21)10-15(20)16-8-5-9-23-16/h3-9,12,22H,10-11H2,1-2H3. The number of Topliss-reactive ketones (excluding diaryl/α,β-unsaturated/α-hetero) is 1. The second-order valence-electron chi connectivity index (χ2n) is 6.26. The van der Waals surface area contributed by atoms with Crippen molar-refractivity contribution in [1.29, 1.82) is 0 Å². The summed E-state index contributed by atoms with van der Waals surface area (Å²) in [6.45, 7) is 4.50. The van der Waals surface area contributed by atoms with Gasteiger partial charge in [-0.3, -0.25) is 9.59 Å². The molecule has 23 heavy (non-hydrogen) atoms. The van der Waals surface area contributed by atoms with Crippen LogP contribution in [0.15, 0.2) is 47.1 Å². The van der Waals surface area contributed by atoms with Gasteiger partial charge in [-0.15, -0.1) is 0 Å². The molecule has 5 heteroatoms. The van der Waals surface area contributed by atoms with Crippen molar-refractivity contribution in [1.82, 2.24) is 0 Å². The van der Waals surface area contributed by atoms with Crippen LogP contribution in [0.5, 0.6) is 0 Å². The van der Waals surface area contributed by atoms with E-state index in [2.05, 4.69) is 0 Å². The Labute approximate surface area is 134 Å². The summed E-state index contributed by atoms with van der Waals surface area (Å²) in [4.78, 5) is 26.7. The van der Waals surface area contributed by atoms with E-state index in [1.807, 2.05) is 19.9 Å². The van der Waals surface area contributed by atoms with Crippen LogP contribution in [0.25, 0.3) is 0 Å². The fraction of sp³-hybridized carbons (Fsp3) is 0.333. The number of furan rings is 1. The van der Waals surface area contributed by atoms with Crippen molar-refractivity contribution in [3.63, 3.8) is 0 Å². The van der Waals surface area contributed by atoms with E-state index in [1.54, 1.807) is 29.2 Å². The number of nitrogens with zero attached hydrogens (tertiary/aromatic N) is 1. The largest absolute Gasteiger partial charge is 0.461 e. The maximum absolute atomic E-state index is 12.8. The van der Waals surface area contributed by atoms with Gasteiger partial charge in [0, 0.05) is 12.1 Å². The number of amides is 1. The van der Waals surface area contributed by atoms with Gasteiger partial charge in [0.25, 0.3) is 5.91 Å². The van der Waals surface area contributed by atoms with Gasteiger partial charge in [0.05, 0.1) is 18.4 Å². The van der Waals surface area contributed by atoms with E-state index in [9.17, 15) is 14.7 Å². The Morgan fingerprint density at radius 3 is 2.65 bits per heavy atom. The summed E-state index contributed by atoms with van der Waals surface area (Å²) >= 11 is 0. The van der Waals surface area contributed by atoms with Crippen molar-refractivity contribution in [2.45, 2.75) is 25.9 Å². The summed E-state index contributed by atoms with van der Waals surface area (Å²) in [5.41, 5.74) is -0.693. The first-order valence-corrected chi connectivity index (χ1v) is 7.64. The minimum Gasteiger partial charge on any atom is -0.461 e. The maximum atomic E-state index is 12.8. The second-order valence-corrected chi connectivity index (χ2v) is 6.26. The molecule has 0 bridgehead atoms. The van der Waals surface area contributed by atoms with Crippen molar-refractivity contribution in [2.24, 2.45) is 5.92 Å². The van der Waals surface area contributed by atoms with Gasteiger partial charge in [0.1, 0.15) is 0 Å². The summed E-state index contributed by atoms with van der Waals surface area (Å²) < 4.78 is 5.08. The van der Waals surface area contributed by atoms with E-state index in [-0.39, 0.29) is 18.1 Å². The fourth-order valence-electron chi connectivity index (χ4n) is 2.98. The van der Waals surface area contributed by atoms with E-state index >= 15 is 0 Å². The maximum Gasteiger partial charge on any atom is 0.264 e. The van der Waals surface area contributed by atoms with Crippen LogP contribution < -0.4 is 4.90 Å². The fourth-order valence-corrected chi connectivity index (χ4v) is 2.98. The van der Waals surface area contributed by atoms with Crippen molar-refractivity contribution in [3.8, 4) is 0 Å². The summed E-state index contributed by atoms with van der Waals surface area (Å²) in [5.74, 6) is -0.458. The first-order valence-electron chi connectivity index (χ1n) is 7.64. The smallest absolute Gasteiger partial charge is 0.264 e. The van der Waals surface area contributed by atoms with Crippen molar-refractivity contribution < 1.29 is 19.1 Å². The molecule has 1 aromatic heterocycles. The Morgan fingerprint density at radius 1 is 1.26 bits per heavy atom. The van der Waals surface area contributed by atoms with E-state index < -0.39 is 17.3 Å². The van der Waals surface area contributed by atoms with Gasteiger partial charge in [-0.05, 0) is 24.1 Å². The van der Waals surface area contributed by atoms with Gasteiger partial charge < -0.3 is 14.4 Å². The lowest BCUT2D eigenvalue weighted by atomic mass is 9.89. The highest BCUT2D eigenvalue weighted by atomic mass is 16.3. The average Bonchev–Trinajstić information content (AvgIpc) is 3.11. The number of hydrogen-bond donors (Lipinski definition) is 1. The molecule has 2 heterocycles. The van der Waals surface area contributed by atoms with Crippen LogP contribution >= 0.6 is 0 Å². The van der Waals surface area contributed by atoms with Crippen molar-refractivity contribution in [3.05, 3.63) is 54.0 Å². The molecule has 1 aliphatic rings. The van der Waals surface area contributed by atoms with Gasteiger partial charge in [-0.25, -0.2) is 0 Å². The number of aliphatic hydroxyl groups is 1. The van der Waals surface area contributed by atoms with Crippen LogP contribution in [0, 0.1) is 5.92 Å².